The molecule has 1 unspecified atom stereocenters. The smallest absolute Gasteiger partial charge is 0.0599 e. The Morgan fingerprint density at radius 1 is 1.50 bits per heavy atom. The van der Waals surface area contributed by atoms with Gasteiger partial charge in [-0.2, -0.15) is 0 Å². The summed E-state index contributed by atoms with van der Waals surface area (Å²) in [5.74, 6) is 0. The van der Waals surface area contributed by atoms with E-state index in [4.69, 9.17) is 10.5 Å². The Bertz CT molecular complexity index is 336. The van der Waals surface area contributed by atoms with E-state index < -0.39 is 0 Å². The molecule has 0 radical (unpaired) electrons. The molecule has 1 aliphatic rings. The summed E-state index contributed by atoms with van der Waals surface area (Å²) in [6.07, 6.45) is 6.36. The van der Waals surface area contributed by atoms with Crippen LogP contribution < -0.4 is 5.73 Å². The first-order valence-electron chi connectivity index (χ1n) is 6.80. The first kappa shape index (κ1) is 13.5. The molecule has 0 amide bonds. The van der Waals surface area contributed by atoms with E-state index in [9.17, 15) is 0 Å². The number of hydrogen-bond acceptors (Lipinski definition) is 4. The predicted molar refractivity (Wildman–Crippen MR) is 72.3 cm³/mol. The number of nitrogens with zero attached hydrogens (tertiary/aromatic N) is 2. The van der Waals surface area contributed by atoms with Gasteiger partial charge >= 0.3 is 0 Å². The van der Waals surface area contributed by atoms with E-state index in [0.29, 0.717) is 18.7 Å². The highest BCUT2D eigenvalue weighted by molar-refractivity contribution is 5.14. The quantitative estimate of drug-likeness (QED) is 0.861. The van der Waals surface area contributed by atoms with Crippen molar-refractivity contribution in [2.75, 3.05) is 26.2 Å². The van der Waals surface area contributed by atoms with Crippen LogP contribution in [-0.2, 0) is 4.74 Å². The van der Waals surface area contributed by atoms with E-state index in [1.54, 1.807) is 6.20 Å². The first-order chi connectivity index (χ1) is 8.85. The van der Waals surface area contributed by atoms with Crippen LogP contribution in [0.1, 0.15) is 31.4 Å². The van der Waals surface area contributed by atoms with Crippen molar-refractivity contribution in [1.29, 1.82) is 0 Å². The van der Waals surface area contributed by atoms with Crippen LogP contribution in [0.25, 0.3) is 0 Å². The van der Waals surface area contributed by atoms with Gasteiger partial charge in [0.1, 0.15) is 0 Å². The van der Waals surface area contributed by atoms with Gasteiger partial charge in [0.15, 0.2) is 0 Å². The van der Waals surface area contributed by atoms with E-state index in [1.165, 1.54) is 5.56 Å². The lowest BCUT2D eigenvalue weighted by Crippen LogP contribution is -2.41. The topological polar surface area (TPSA) is 51.4 Å². The third kappa shape index (κ3) is 3.28. The van der Waals surface area contributed by atoms with E-state index >= 15 is 0 Å². The number of piperidine rings is 1. The lowest BCUT2D eigenvalue weighted by Gasteiger charge is -2.37. The van der Waals surface area contributed by atoms with Gasteiger partial charge in [0.25, 0.3) is 0 Å². The van der Waals surface area contributed by atoms with Crippen LogP contribution in [0.3, 0.4) is 0 Å². The molecule has 2 N–H and O–H groups in total. The van der Waals surface area contributed by atoms with E-state index in [0.717, 1.165) is 32.5 Å². The molecule has 1 aromatic rings. The first-order valence-corrected chi connectivity index (χ1v) is 6.80. The minimum Gasteiger partial charge on any atom is -0.378 e. The van der Waals surface area contributed by atoms with Gasteiger partial charge in [-0.05, 0) is 31.4 Å². The molecule has 0 spiro atoms. The van der Waals surface area contributed by atoms with Crippen molar-refractivity contribution in [1.82, 2.24) is 9.88 Å². The van der Waals surface area contributed by atoms with Crippen LogP contribution in [0.4, 0.5) is 0 Å². The second-order valence-corrected chi connectivity index (χ2v) is 4.73. The molecule has 100 valence electrons. The van der Waals surface area contributed by atoms with E-state index in [1.807, 2.05) is 12.3 Å². The molecule has 2 rings (SSSR count). The molecule has 4 heteroatoms. The van der Waals surface area contributed by atoms with Gasteiger partial charge in [0.05, 0.1) is 6.10 Å². The van der Waals surface area contributed by atoms with Gasteiger partial charge in [-0.25, -0.2) is 0 Å². The van der Waals surface area contributed by atoms with Crippen LogP contribution in [0.15, 0.2) is 24.5 Å². The summed E-state index contributed by atoms with van der Waals surface area (Å²) in [5, 5.41) is 0. The standard InChI is InChI=1S/C14H23N3O/c1-2-18-13-5-8-17(9-6-13)14(10-15)12-4-3-7-16-11-12/h3-4,7,11,13-14H,2,5-6,8-10,15H2,1H3. The number of hydrogen-bond donors (Lipinski definition) is 1. The number of ether oxygens (including phenoxy) is 1. The van der Waals surface area contributed by atoms with Crippen LogP contribution in [0.5, 0.6) is 0 Å². The van der Waals surface area contributed by atoms with Crippen LogP contribution in [0, 0.1) is 0 Å². The lowest BCUT2D eigenvalue weighted by atomic mass is 10.0. The number of pyridine rings is 1. The molecule has 1 saturated heterocycles. The Morgan fingerprint density at radius 2 is 2.28 bits per heavy atom. The number of aromatic nitrogens is 1. The summed E-state index contributed by atoms with van der Waals surface area (Å²) >= 11 is 0. The van der Waals surface area contributed by atoms with Crippen molar-refractivity contribution in [3.63, 3.8) is 0 Å². The molecule has 0 bridgehead atoms. The largest absolute Gasteiger partial charge is 0.378 e. The zero-order valence-corrected chi connectivity index (χ0v) is 11.1. The van der Waals surface area contributed by atoms with Gasteiger partial charge in [-0.3, -0.25) is 9.88 Å². The minimum atomic E-state index is 0.293. The van der Waals surface area contributed by atoms with Gasteiger partial charge in [-0.1, -0.05) is 6.07 Å². The maximum Gasteiger partial charge on any atom is 0.0599 e. The fraction of sp³-hybridized carbons (Fsp3) is 0.643. The lowest BCUT2D eigenvalue weighted by molar-refractivity contribution is 0.00449. The Morgan fingerprint density at radius 3 is 2.83 bits per heavy atom. The maximum absolute atomic E-state index is 5.93. The Labute approximate surface area is 109 Å². The van der Waals surface area contributed by atoms with Crippen molar-refractivity contribution in [3.05, 3.63) is 30.1 Å². The zero-order valence-electron chi connectivity index (χ0n) is 11.1. The molecule has 4 nitrogen and oxygen atoms in total. The molecule has 2 heterocycles. The molecule has 0 saturated carbocycles. The highest BCUT2D eigenvalue weighted by Crippen LogP contribution is 2.24. The summed E-state index contributed by atoms with van der Waals surface area (Å²) in [7, 11) is 0. The van der Waals surface area contributed by atoms with Crippen molar-refractivity contribution in [3.8, 4) is 0 Å². The molecule has 1 aromatic heterocycles. The number of rotatable bonds is 5. The van der Waals surface area contributed by atoms with Crippen molar-refractivity contribution >= 4 is 0 Å². The Balaban J connectivity index is 1.95. The van der Waals surface area contributed by atoms with Crippen LogP contribution in [-0.4, -0.2) is 42.2 Å². The van der Waals surface area contributed by atoms with Gasteiger partial charge in [0.2, 0.25) is 0 Å². The maximum atomic E-state index is 5.93. The van der Waals surface area contributed by atoms with Crippen molar-refractivity contribution in [2.24, 2.45) is 5.73 Å². The molecule has 1 fully saturated rings. The van der Waals surface area contributed by atoms with Gasteiger partial charge in [0, 0.05) is 44.7 Å². The second kappa shape index (κ2) is 6.83. The third-order valence-electron chi connectivity index (χ3n) is 3.61. The van der Waals surface area contributed by atoms with Gasteiger partial charge in [-0.15, -0.1) is 0 Å². The fourth-order valence-corrected chi connectivity index (χ4v) is 2.66. The molecular formula is C14H23N3O. The number of nitrogens with two attached hydrogens (primary N) is 1. The summed E-state index contributed by atoms with van der Waals surface area (Å²) in [6.45, 7) is 5.63. The average Bonchev–Trinajstić information content (AvgIpc) is 2.43. The van der Waals surface area contributed by atoms with Crippen molar-refractivity contribution in [2.45, 2.75) is 31.9 Å². The summed E-state index contributed by atoms with van der Waals surface area (Å²) in [5.41, 5.74) is 7.15. The van der Waals surface area contributed by atoms with Crippen LogP contribution >= 0.6 is 0 Å². The summed E-state index contributed by atoms with van der Waals surface area (Å²) in [4.78, 5) is 6.64. The Kier molecular flexibility index (Phi) is 5.11. The number of likely N-dealkylation sites (tertiary alicyclic amines) is 1. The van der Waals surface area contributed by atoms with Gasteiger partial charge < -0.3 is 10.5 Å². The Hall–Kier alpha value is -0.970. The minimum absolute atomic E-state index is 0.293. The molecular weight excluding hydrogens is 226 g/mol. The normalized spacial score (nSPS) is 19.9. The zero-order chi connectivity index (χ0) is 12.8. The highest BCUT2D eigenvalue weighted by Gasteiger charge is 2.25. The highest BCUT2D eigenvalue weighted by atomic mass is 16.5. The van der Waals surface area contributed by atoms with E-state index in [2.05, 4.69) is 22.9 Å². The van der Waals surface area contributed by atoms with Crippen LogP contribution in [0.2, 0.25) is 0 Å². The average molecular weight is 249 g/mol. The predicted octanol–water partition coefficient (Wildman–Crippen LogP) is 1.58. The molecule has 1 atom stereocenters. The fourth-order valence-electron chi connectivity index (χ4n) is 2.66. The van der Waals surface area contributed by atoms with Crippen molar-refractivity contribution < 1.29 is 4.74 Å². The second-order valence-electron chi connectivity index (χ2n) is 4.73. The molecule has 0 aliphatic carbocycles. The van der Waals surface area contributed by atoms with E-state index in [-0.39, 0.29) is 0 Å². The summed E-state index contributed by atoms with van der Waals surface area (Å²) in [6, 6.07) is 4.38. The SMILES string of the molecule is CCOC1CCN(C(CN)c2cccnc2)CC1. The summed E-state index contributed by atoms with van der Waals surface area (Å²) < 4.78 is 5.68. The monoisotopic (exact) mass is 249 g/mol. The molecule has 18 heavy (non-hydrogen) atoms. The third-order valence-corrected chi connectivity index (χ3v) is 3.61. The molecule has 0 aromatic carbocycles. The molecule has 1 aliphatic heterocycles.